The highest BCUT2D eigenvalue weighted by Crippen LogP contribution is 2.16. The first-order valence-corrected chi connectivity index (χ1v) is 5.07. The maximum Gasteiger partial charge on any atom is 0.126 e. The summed E-state index contributed by atoms with van der Waals surface area (Å²) < 4.78 is 15.0. The van der Waals surface area contributed by atoms with Crippen molar-refractivity contribution in [1.82, 2.24) is 4.57 Å². The SMILES string of the molecule is Cc1cc(N=Cc2ccn(C)c2)ccc1F. The molecule has 0 fully saturated rings. The van der Waals surface area contributed by atoms with Crippen LogP contribution in [-0.4, -0.2) is 10.8 Å². The van der Waals surface area contributed by atoms with Crippen molar-refractivity contribution >= 4 is 11.9 Å². The third-order valence-electron chi connectivity index (χ3n) is 2.36. The van der Waals surface area contributed by atoms with Crippen LogP contribution in [0, 0.1) is 12.7 Å². The summed E-state index contributed by atoms with van der Waals surface area (Å²) in [4.78, 5) is 4.29. The van der Waals surface area contributed by atoms with Crippen LogP contribution in [-0.2, 0) is 7.05 Å². The number of aromatic nitrogens is 1. The van der Waals surface area contributed by atoms with Crippen molar-refractivity contribution in [3.63, 3.8) is 0 Å². The number of rotatable bonds is 2. The van der Waals surface area contributed by atoms with E-state index in [0.29, 0.717) is 5.56 Å². The van der Waals surface area contributed by atoms with Crippen LogP contribution in [0.15, 0.2) is 41.7 Å². The van der Waals surface area contributed by atoms with E-state index in [-0.39, 0.29) is 5.82 Å². The van der Waals surface area contributed by atoms with Crippen molar-refractivity contribution in [2.75, 3.05) is 0 Å². The Morgan fingerprint density at radius 1 is 1.31 bits per heavy atom. The average Bonchev–Trinajstić information content (AvgIpc) is 2.66. The second-order valence-corrected chi connectivity index (χ2v) is 3.80. The lowest BCUT2D eigenvalue weighted by atomic mass is 10.2. The highest BCUT2D eigenvalue weighted by atomic mass is 19.1. The van der Waals surface area contributed by atoms with Crippen LogP contribution < -0.4 is 0 Å². The van der Waals surface area contributed by atoms with Gasteiger partial charge in [0.1, 0.15) is 5.82 Å². The standard InChI is InChI=1S/C13H13FN2/c1-10-7-12(3-4-13(10)14)15-8-11-5-6-16(2)9-11/h3-9H,1-2H3. The highest BCUT2D eigenvalue weighted by Gasteiger charge is 1.97. The van der Waals surface area contributed by atoms with Gasteiger partial charge >= 0.3 is 0 Å². The zero-order valence-electron chi connectivity index (χ0n) is 9.31. The van der Waals surface area contributed by atoms with Crippen molar-refractivity contribution < 1.29 is 4.39 Å². The summed E-state index contributed by atoms with van der Waals surface area (Å²) in [5.74, 6) is -0.196. The molecule has 0 spiro atoms. The van der Waals surface area contributed by atoms with Crippen molar-refractivity contribution in [3.05, 3.63) is 53.6 Å². The van der Waals surface area contributed by atoms with E-state index in [2.05, 4.69) is 4.99 Å². The number of aryl methyl sites for hydroxylation is 2. The van der Waals surface area contributed by atoms with Crippen LogP contribution in [0.3, 0.4) is 0 Å². The molecule has 0 aliphatic rings. The van der Waals surface area contributed by atoms with Gasteiger partial charge in [-0.3, -0.25) is 4.99 Å². The first-order valence-electron chi connectivity index (χ1n) is 5.07. The van der Waals surface area contributed by atoms with Crippen LogP contribution in [0.25, 0.3) is 0 Å². The maximum atomic E-state index is 13.0. The molecule has 2 rings (SSSR count). The zero-order chi connectivity index (χ0) is 11.5. The molecule has 1 aromatic heterocycles. The van der Waals surface area contributed by atoms with Gasteiger partial charge in [0.2, 0.25) is 0 Å². The Hall–Kier alpha value is -1.90. The highest BCUT2D eigenvalue weighted by molar-refractivity contribution is 5.81. The van der Waals surface area contributed by atoms with Gasteiger partial charge in [-0.1, -0.05) is 0 Å². The van der Waals surface area contributed by atoms with Crippen molar-refractivity contribution in [1.29, 1.82) is 0 Å². The summed E-state index contributed by atoms with van der Waals surface area (Å²) >= 11 is 0. The van der Waals surface area contributed by atoms with Gasteiger partial charge in [-0.15, -0.1) is 0 Å². The summed E-state index contributed by atoms with van der Waals surface area (Å²) in [6, 6.07) is 6.81. The van der Waals surface area contributed by atoms with Crippen LogP contribution >= 0.6 is 0 Å². The molecule has 0 radical (unpaired) electrons. The van der Waals surface area contributed by atoms with Gasteiger partial charge in [0.15, 0.2) is 0 Å². The minimum absolute atomic E-state index is 0.196. The van der Waals surface area contributed by atoms with Gasteiger partial charge in [0, 0.05) is 31.2 Å². The molecule has 1 aromatic carbocycles. The Morgan fingerprint density at radius 3 is 2.75 bits per heavy atom. The molecule has 2 nitrogen and oxygen atoms in total. The summed E-state index contributed by atoms with van der Waals surface area (Å²) in [5.41, 5.74) is 2.41. The second kappa shape index (κ2) is 4.31. The predicted molar refractivity (Wildman–Crippen MR) is 63.8 cm³/mol. The number of nitrogens with zero attached hydrogens (tertiary/aromatic N) is 2. The Labute approximate surface area is 94.1 Å². The molecular weight excluding hydrogens is 203 g/mol. The van der Waals surface area contributed by atoms with Crippen LogP contribution in [0.1, 0.15) is 11.1 Å². The maximum absolute atomic E-state index is 13.0. The fourth-order valence-corrected chi connectivity index (χ4v) is 1.46. The molecular formula is C13H13FN2. The van der Waals surface area contributed by atoms with Crippen molar-refractivity contribution in [3.8, 4) is 0 Å². The van der Waals surface area contributed by atoms with E-state index in [0.717, 1.165) is 11.3 Å². The lowest BCUT2D eigenvalue weighted by Gasteiger charge is -1.97. The van der Waals surface area contributed by atoms with E-state index in [9.17, 15) is 4.39 Å². The number of hydrogen-bond acceptors (Lipinski definition) is 1. The molecule has 0 aliphatic carbocycles. The van der Waals surface area contributed by atoms with Crippen LogP contribution in [0.4, 0.5) is 10.1 Å². The Bertz CT molecular complexity index is 526. The molecule has 0 amide bonds. The Balaban J connectivity index is 2.20. The molecule has 0 saturated heterocycles. The van der Waals surface area contributed by atoms with Gasteiger partial charge in [-0.25, -0.2) is 4.39 Å². The van der Waals surface area contributed by atoms with E-state index in [1.54, 1.807) is 25.3 Å². The van der Waals surface area contributed by atoms with Gasteiger partial charge in [0.05, 0.1) is 5.69 Å². The van der Waals surface area contributed by atoms with Gasteiger partial charge in [-0.05, 0) is 36.8 Å². The molecule has 0 bridgehead atoms. The molecule has 0 unspecified atom stereocenters. The monoisotopic (exact) mass is 216 g/mol. The van der Waals surface area contributed by atoms with Crippen molar-refractivity contribution in [2.24, 2.45) is 12.0 Å². The molecule has 0 atom stereocenters. The van der Waals surface area contributed by atoms with Crippen molar-refractivity contribution in [2.45, 2.75) is 6.92 Å². The fraction of sp³-hybridized carbons (Fsp3) is 0.154. The largest absolute Gasteiger partial charge is 0.357 e. The minimum atomic E-state index is -0.196. The average molecular weight is 216 g/mol. The Kier molecular flexibility index (Phi) is 2.86. The number of halogens is 1. The van der Waals surface area contributed by atoms with E-state index >= 15 is 0 Å². The number of aliphatic imine (C=N–C) groups is 1. The summed E-state index contributed by atoms with van der Waals surface area (Å²) in [7, 11) is 1.96. The van der Waals surface area contributed by atoms with Gasteiger partial charge < -0.3 is 4.57 Å². The summed E-state index contributed by atoms with van der Waals surface area (Å²) in [5, 5.41) is 0. The summed E-state index contributed by atoms with van der Waals surface area (Å²) in [6.45, 7) is 1.73. The van der Waals surface area contributed by atoms with E-state index < -0.39 is 0 Å². The number of benzene rings is 1. The smallest absolute Gasteiger partial charge is 0.126 e. The zero-order valence-corrected chi connectivity index (χ0v) is 9.31. The predicted octanol–water partition coefficient (Wildman–Crippen LogP) is 3.22. The quantitative estimate of drug-likeness (QED) is 0.686. The lowest BCUT2D eigenvalue weighted by Crippen LogP contribution is -1.81. The van der Waals surface area contributed by atoms with Crippen LogP contribution in [0.2, 0.25) is 0 Å². The minimum Gasteiger partial charge on any atom is -0.357 e. The first kappa shape index (κ1) is 10.6. The second-order valence-electron chi connectivity index (χ2n) is 3.80. The third-order valence-corrected chi connectivity index (χ3v) is 2.36. The molecule has 16 heavy (non-hydrogen) atoms. The van der Waals surface area contributed by atoms with E-state index in [4.69, 9.17) is 0 Å². The molecule has 0 saturated carbocycles. The Morgan fingerprint density at radius 2 is 2.12 bits per heavy atom. The molecule has 2 aromatic rings. The normalized spacial score (nSPS) is 11.2. The number of hydrogen-bond donors (Lipinski definition) is 0. The van der Waals surface area contributed by atoms with Gasteiger partial charge in [-0.2, -0.15) is 0 Å². The topological polar surface area (TPSA) is 17.3 Å². The third kappa shape index (κ3) is 2.37. The molecule has 1 heterocycles. The first-order chi connectivity index (χ1) is 7.65. The van der Waals surface area contributed by atoms with Crippen LogP contribution in [0.5, 0.6) is 0 Å². The summed E-state index contributed by atoms with van der Waals surface area (Å²) in [6.07, 6.45) is 5.70. The molecule has 0 N–H and O–H groups in total. The van der Waals surface area contributed by atoms with E-state index in [1.807, 2.05) is 30.1 Å². The van der Waals surface area contributed by atoms with Gasteiger partial charge in [0.25, 0.3) is 0 Å². The molecule has 82 valence electrons. The molecule has 3 heteroatoms. The molecule has 0 aliphatic heterocycles. The lowest BCUT2D eigenvalue weighted by molar-refractivity contribution is 0.618. The van der Waals surface area contributed by atoms with E-state index in [1.165, 1.54) is 6.07 Å². The fourth-order valence-electron chi connectivity index (χ4n) is 1.46.